The van der Waals surface area contributed by atoms with Crippen LogP contribution in [0.5, 0.6) is 0 Å². The minimum absolute atomic E-state index is 0.462. The molecule has 1 heterocycles. The van der Waals surface area contributed by atoms with E-state index in [4.69, 9.17) is 0 Å². The van der Waals surface area contributed by atoms with Crippen LogP contribution in [-0.2, 0) is 6.54 Å². The molecule has 2 rings (SSSR count). The van der Waals surface area contributed by atoms with Crippen LogP contribution in [0.4, 0.5) is 0 Å². The average molecular weight is 270 g/mol. The van der Waals surface area contributed by atoms with E-state index in [2.05, 4.69) is 35.9 Å². The maximum absolute atomic E-state index is 10.3. The summed E-state index contributed by atoms with van der Waals surface area (Å²) in [5, 5.41) is 10.3. The number of aromatic nitrogens is 1. The molecule has 0 fully saturated rings. The zero-order valence-corrected chi connectivity index (χ0v) is 12.4. The Bertz CT molecular complexity index is 554. The van der Waals surface area contributed by atoms with Crippen molar-refractivity contribution >= 4 is 0 Å². The van der Waals surface area contributed by atoms with E-state index < -0.39 is 6.10 Å². The highest BCUT2D eigenvalue weighted by molar-refractivity contribution is 5.31. The van der Waals surface area contributed by atoms with E-state index in [-0.39, 0.29) is 0 Å². The van der Waals surface area contributed by atoms with Crippen LogP contribution in [0.1, 0.15) is 28.4 Å². The lowest BCUT2D eigenvalue weighted by molar-refractivity contribution is 0.123. The second-order valence-electron chi connectivity index (χ2n) is 5.42. The van der Waals surface area contributed by atoms with Gasteiger partial charge in [-0.05, 0) is 49.2 Å². The minimum Gasteiger partial charge on any atom is -0.387 e. The molecular weight excluding hydrogens is 248 g/mol. The second-order valence-corrected chi connectivity index (χ2v) is 5.42. The van der Waals surface area contributed by atoms with Gasteiger partial charge in [0.25, 0.3) is 0 Å². The van der Waals surface area contributed by atoms with Crippen LogP contribution in [0, 0.1) is 13.8 Å². The number of aliphatic hydroxyl groups is 1. The summed E-state index contributed by atoms with van der Waals surface area (Å²) in [5.74, 6) is 0. The Labute approximate surface area is 120 Å². The summed E-state index contributed by atoms with van der Waals surface area (Å²) < 4.78 is 0. The van der Waals surface area contributed by atoms with Gasteiger partial charge in [-0.3, -0.25) is 9.88 Å². The van der Waals surface area contributed by atoms with Crippen molar-refractivity contribution < 1.29 is 5.11 Å². The molecule has 106 valence electrons. The van der Waals surface area contributed by atoms with Gasteiger partial charge in [-0.15, -0.1) is 0 Å². The van der Waals surface area contributed by atoms with Crippen LogP contribution in [0.3, 0.4) is 0 Å². The van der Waals surface area contributed by atoms with Gasteiger partial charge in [-0.25, -0.2) is 0 Å². The SMILES string of the molecule is Cc1ccc(C(O)CN(C)Cc2cccnc2)cc1C. The lowest BCUT2D eigenvalue weighted by atomic mass is 10.0. The summed E-state index contributed by atoms with van der Waals surface area (Å²) in [7, 11) is 2.01. The zero-order valence-electron chi connectivity index (χ0n) is 12.4. The molecule has 1 atom stereocenters. The molecule has 3 nitrogen and oxygen atoms in total. The van der Waals surface area contributed by atoms with Crippen molar-refractivity contribution in [3.05, 3.63) is 65.0 Å². The Kier molecular flexibility index (Phi) is 4.88. The van der Waals surface area contributed by atoms with Crippen molar-refractivity contribution in [1.29, 1.82) is 0 Å². The van der Waals surface area contributed by atoms with Crippen molar-refractivity contribution in [2.24, 2.45) is 0 Å². The summed E-state index contributed by atoms with van der Waals surface area (Å²) in [6, 6.07) is 10.1. The number of rotatable bonds is 5. The molecule has 0 radical (unpaired) electrons. The number of aryl methyl sites for hydroxylation is 2. The first-order valence-electron chi connectivity index (χ1n) is 6.89. The highest BCUT2D eigenvalue weighted by Crippen LogP contribution is 2.18. The van der Waals surface area contributed by atoms with Crippen molar-refractivity contribution in [3.8, 4) is 0 Å². The third-order valence-corrected chi connectivity index (χ3v) is 3.58. The van der Waals surface area contributed by atoms with E-state index >= 15 is 0 Å². The van der Waals surface area contributed by atoms with E-state index in [1.165, 1.54) is 11.1 Å². The molecule has 3 heteroatoms. The normalized spacial score (nSPS) is 12.7. The lowest BCUT2D eigenvalue weighted by Crippen LogP contribution is -2.24. The summed E-state index contributed by atoms with van der Waals surface area (Å²) in [6.45, 7) is 5.55. The second kappa shape index (κ2) is 6.64. The van der Waals surface area contributed by atoms with E-state index in [1.807, 2.05) is 31.4 Å². The number of pyridine rings is 1. The van der Waals surface area contributed by atoms with Gasteiger partial charge in [0, 0.05) is 25.5 Å². The summed E-state index contributed by atoms with van der Waals surface area (Å²) in [4.78, 5) is 6.22. The van der Waals surface area contributed by atoms with Gasteiger partial charge in [-0.2, -0.15) is 0 Å². The molecule has 20 heavy (non-hydrogen) atoms. The highest BCUT2D eigenvalue weighted by Gasteiger charge is 2.11. The maximum atomic E-state index is 10.3. The van der Waals surface area contributed by atoms with Gasteiger partial charge in [0.05, 0.1) is 6.10 Å². The van der Waals surface area contributed by atoms with Gasteiger partial charge in [0.15, 0.2) is 0 Å². The van der Waals surface area contributed by atoms with E-state index in [1.54, 1.807) is 6.20 Å². The Hall–Kier alpha value is -1.71. The van der Waals surface area contributed by atoms with Crippen LogP contribution in [0.2, 0.25) is 0 Å². The number of nitrogens with zero attached hydrogens (tertiary/aromatic N) is 2. The number of hydrogen-bond acceptors (Lipinski definition) is 3. The molecule has 2 aromatic rings. The summed E-state index contributed by atoms with van der Waals surface area (Å²) in [6.07, 6.45) is 3.17. The molecule has 0 amide bonds. The topological polar surface area (TPSA) is 36.4 Å². The molecule has 1 N–H and O–H groups in total. The minimum atomic E-state index is -0.462. The van der Waals surface area contributed by atoms with E-state index in [0.29, 0.717) is 6.54 Å². The first-order chi connectivity index (χ1) is 9.56. The van der Waals surface area contributed by atoms with Crippen molar-refractivity contribution in [1.82, 2.24) is 9.88 Å². The average Bonchev–Trinajstić information content (AvgIpc) is 2.42. The quantitative estimate of drug-likeness (QED) is 0.907. The van der Waals surface area contributed by atoms with Gasteiger partial charge in [0.1, 0.15) is 0 Å². The number of benzene rings is 1. The third-order valence-electron chi connectivity index (χ3n) is 3.58. The Morgan fingerprint density at radius 3 is 2.65 bits per heavy atom. The number of likely N-dealkylation sites (N-methyl/N-ethyl adjacent to an activating group) is 1. The molecular formula is C17H22N2O. The van der Waals surface area contributed by atoms with Crippen LogP contribution in [-0.4, -0.2) is 28.6 Å². The first-order valence-corrected chi connectivity index (χ1v) is 6.89. The zero-order chi connectivity index (χ0) is 14.5. The van der Waals surface area contributed by atoms with E-state index in [0.717, 1.165) is 17.7 Å². The number of aliphatic hydroxyl groups excluding tert-OH is 1. The molecule has 1 aromatic heterocycles. The van der Waals surface area contributed by atoms with Crippen LogP contribution in [0.25, 0.3) is 0 Å². The monoisotopic (exact) mass is 270 g/mol. The van der Waals surface area contributed by atoms with Gasteiger partial charge in [-0.1, -0.05) is 24.3 Å². The fourth-order valence-corrected chi connectivity index (χ4v) is 2.24. The fourth-order valence-electron chi connectivity index (χ4n) is 2.24. The fraction of sp³-hybridized carbons (Fsp3) is 0.353. The number of hydrogen-bond donors (Lipinski definition) is 1. The summed E-state index contributed by atoms with van der Waals surface area (Å²) in [5.41, 5.74) is 4.61. The molecule has 0 aliphatic rings. The molecule has 1 unspecified atom stereocenters. The molecule has 0 spiro atoms. The van der Waals surface area contributed by atoms with E-state index in [9.17, 15) is 5.11 Å². The smallest absolute Gasteiger partial charge is 0.0917 e. The molecule has 0 saturated carbocycles. The van der Waals surface area contributed by atoms with Crippen LogP contribution in [0.15, 0.2) is 42.7 Å². The maximum Gasteiger partial charge on any atom is 0.0917 e. The van der Waals surface area contributed by atoms with Gasteiger partial charge >= 0.3 is 0 Å². The van der Waals surface area contributed by atoms with Gasteiger partial charge < -0.3 is 5.11 Å². The van der Waals surface area contributed by atoms with Crippen molar-refractivity contribution in [2.45, 2.75) is 26.5 Å². The Morgan fingerprint density at radius 1 is 1.20 bits per heavy atom. The largest absolute Gasteiger partial charge is 0.387 e. The third kappa shape index (κ3) is 3.89. The van der Waals surface area contributed by atoms with Crippen molar-refractivity contribution in [3.63, 3.8) is 0 Å². The van der Waals surface area contributed by atoms with Crippen LogP contribution >= 0.6 is 0 Å². The molecule has 0 saturated heterocycles. The summed E-state index contributed by atoms with van der Waals surface area (Å²) >= 11 is 0. The Balaban J connectivity index is 1.96. The standard InChI is InChI=1S/C17H22N2O/c1-13-6-7-16(9-14(13)2)17(20)12-19(3)11-15-5-4-8-18-10-15/h4-10,17,20H,11-12H2,1-3H3. The van der Waals surface area contributed by atoms with Crippen LogP contribution < -0.4 is 0 Å². The highest BCUT2D eigenvalue weighted by atomic mass is 16.3. The first kappa shape index (κ1) is 14.7. The van der Waals surface area contributed by atoms with Crippen molar-refractivity contribution in [2.75, 3.05) is 13.6 Å². The predicted octanol–water partition coefficient (Wildman–Crippen LogP) is 2.86. The molecule has 0 bridgehead atoms. The molecule has 0 aliphatic carbocycles. The molecule has 0 aliphatic heterocycles. The Morgan fingerprint density at radius 2 is 2.00 bits per heavy atom. The molecule has 1 aromatic carbocycles. The lowest BCUT2D eigenvalue weighted by Gasteiger charge is -2.21. The van der Waals surface area contributed by atoms with Gasteiger partial charge in [0.2, 0.25) is 0 Å². The predicted molar refractivity (Wildman–Crippen MR) is 81.4 cm³/mol.